The minimum Gasteiger partial charge on any atom is -0.398 e. The molecule has 19 heavy (non-hydrogen) atoms. The van der Waals surface area contributed by atoms with Crippen LogP contribution in [0.15, 0.2) is 26.0 Å². The molecular weight excluding hydrogens is 398 g/mol. The van der Waals surface area contributed by atoms with Crippen molar-refractivity contribution < 1.29 is 8.42 Å². The molecule has 1 rings (SSSR count). The van der Waals surface area contributed by atoms with Gasteiger partial charge in [-0.15, -0.1) is 0 Å². The summed E-state index contributed by atoms with van der Waals surface area (Å²) in [6, 6.07) is 3.23. The van der Waals surface area contributed by atoms with Gasteiger partial charge in [-0.3, -0.25) is 0 Å². The fraction of sp³-hybridized carbons (Fsp3) is 0.455. The van der Waals surface area contributed by atoms with Crippen molar-refractivity contribution in [2.75, 3.05) is 32.9 Å². The summed E-state index contributed by atoms with van der Waals surface area (Å²) in [6.45, 7) is 1.20. The van der Waals surface area contributed by atoms with Gasteiger partial charge >= 0.3 is 0 Å². The molecule has 0 saturated carbocycles. The first-order chi connectivity index (χ1) is 8.74. The van der Waals surface area contributed by atoms with Crippen LogP contribution in [0.25, 0.3) is 0 Å². The van der Waals surface area contributed by atoms with Gasteiger partial charge in [-0.2, -0.15) is 0 Å². The number of hydrogen-bond donors (Lipinski definition) is 2. The van der Waals surface area contributed by atoms with Crippen molar-refractivity contribution in [1.29, 1.82) is 0 Å². The van der Waals surface area contributed by atoms with Crippen molar-refractivity contribution in [1.82, 2.24) is 9.62 Å². The van der Waals surface area contributed by atoms with Crippen molar-refractivity contribution in [3.63, 3.8) is 0 Å². The summed E-state index contributed by atoms with van der Waals surface area (Å²) in [4.78, 5) is 2.08. The molecule has 0 fully saturated rings. The number of nitrogens with two attached hydrogens (primary N) is 1. The Balaban J connectivity index is 2.84. The number of rotatable bonds is 6. The lowest BCUT2D eigenvalue weighted by Crippen LogP contribution is -2.28. The van der Waals surface area contributed by atoms with Crippen molar-refractivity contribution >= 4 is 47.6 Å². The minimum atomic E-state index is -3.60. The molecule has 0 aromatic heterocycles. The van der Waals surface area contributed by atoms with Crippen LogP contribution < -0.4 is 10.5 Å². The molecule has 0 aliphatic heterocycles. The third-order valence-corrected chi connectivity index (χ3v) is 5.30. The second kappa shape index (κ2) is 7.03. The first kappa shape index (κ1) is 16.9. The van der Waals surface area contributed by atoms with Crippen LogP contribution in [0.2, 0.25) is 0 Å². The highest BCUT2D eigenvalue weighted by atomic mass is 79.9. The monoisotopic (exact) mass is 413 g/mol. The number of anilines is 1. The maximum absolute atomic E-state index is 12.2. The Morgan fingerprint density at radius 1 is 1.32 bits per heavy atom. The van der Waals surface area contributed by atoms with E-state index >= 15 is 0 Å². The van der Waals surface area contributed by atoms with E-state index < -0.39 is 10.0 Å². The number of hydrogen-bond acceptors (Lipinski definition) is 4. The zero-order valence-corrected chi connectivity index (χ0v) is 14.8. The predicted molar refractivity (Wildman–Crippen MR) is 84.6 cm³/mol. The summed E-state index contributed by atoms with van der Waals surface area (Å²) in [6.07, 6.45) is 0.736. The van der Waals surface area contributed by atoms with Gasteiger partial charge < -0.3 is 10.6 Å². The van der Waals surface area contributed by atoms with Gasteiger partial charge in [-0.25, -0.2) is 13.1 Å². The first-order valence-electron chi connectivity index (χ1n) is 5.63. The number of benzene rings is 1. The van der Waals surface area contributed by atoms with Crippen LogP contribution in [0.4, 0.5) is 5.69 Å². The quantitative estimate of drug-likeness (QED) is 0.551. The maximum atomic E-state index is 12.2. The predicted octanol–water partition coefficient (Wildman–Crippen LogP) is 2.02. The van der Waals surface area contributed by atoms with E-state index in [1.165, 1.54) is 0 Å². The molecule has 0 atom stereocenters. The molecule has 0 heterocycles. The highest BCUT2D eigenvalue weighted by Gasteiger charge is 2.21. The van der Waals surface area contributed by atoms with Crippen molar-refractivity contribution in [3.8, 4) is 0 Å². The zero-order valence-electron chi connectivity index (χ0n) is 10.8. The standard InChI is InChI=1S/C11H17Br2N3O2S/c1-16(2)5-3-4-15-19(17,18)11-9(13)6-8(12)7-10(11)14/h6-7,15H,3-5,14H2,1-2H3. The van der Waals surface area contributed by atoms with E-state index in [1.807, 2.05) is 19.0 Å². The lowest BCUT2D eigenvalue weighted by molar-refractivity contribution is 0.400. The molecule has 5 nitrogen and oxygen atoms in total. The summed E-state index contributed by atoms with van der Waals surface area (Å²) in [5.41, 5.74) is 5.98. The molecule has 0 unspecified atom stereocenters. The Labute approximate surface area is 130 Å². The number of halogens is 2. The van der Waals surface area contributed by atoms with E-state index in [-0.39, 0.29) is 10.6 Å². The molecule has 3 N–H and O–H groups in total. The summed E-state index contributed by atoms with van der Waals surface area (Å²) >= 11 is 6.49. The number of nitrogens with zero attached hydrogens (tertiary/aromatic N) is 1. The van der Waals surface area contributed by atoms with Crippen molar-refractivity contribution in [3.05, 3.63) is 21.1 Å². The van der Waals surface area contributed by atoms with Crippen LogP contribution in [0, 0.1) is 0 Å². The number of sulfonamides is 1. The number of nitrogens with one attached hydrogen (secondary N) is 1. The topological polar surface area (TPSA) is 75.4 Å². The van der Waals surface area contributed by atoms with E-state index in [9.17, 15) is 8.42 Å². The Kier molecular flexibility index (Phi) is 6.25. The summed E-state index contributed by atoms with van der Waals surface area (Å²) in [5.74, 6) is 0. The molecule has 1 aromatic rings. The molecule has 0 radical (unpaired) electrons. The zero-order chi connectivity index (χ0) is 14.6. The average Bonchev–Trinajstić information content (AvgIpc) is 2.22. The maximum Gasteiger partial charge on any atom is 0.243 e. The molecule has 1 aromatic carbocycles. The molecule has 108 valence electrons. The average molecular weight is 415 g/mol. The fourth-order valence-electron chi connectivity index (χ4n) is 1.54. The first-order valence-corrected chi connectivity index (χ1v) is 8.70. The van der Waals surface area contributed by atoms with Crippen molar-refractivity contribution in [2.24, 2.45) is 0 Å². The highest BCUT2D eigenvalue weighted by Crippen LogP contribution is 2.31. The summed E-state index contributed by atoms with van der Waals surface area (Å²) in [5, 5.41) is 0. The molecular formula is C11H17Br2N3O2S. The van der Waals surface area contributed by atoms with Gasteiger partial charge in [0.2, 0.25) is 10.0 Å². The van der Waals surface area contributed by atoms with E-state index in [0.29, 0.717) is 11.0 Å². The SMILES string of the molecule is CN(C)CCCNS(=O)(=O)c1c(N)cc(Br)cc1Br. The Morgan fingerprint density at radius 2 is 1.95 bits per heavy atom. The third-order valence-electron chi connectivity index (χ3n) is 2.38. The number of nitrogen functional groups attached to an aromatic ring is 1. The van der Waals surface area contributed by atoms with E-state index in [2.05, 4.69) is 36.6 Å². The second-order valence-corrected chi connectivity index (χ2v) is 7.83. The van der Waals surface area contributed by atoms with Gasteiger partial charge in [0.15, 0.2) is 0 Å². The van der Waals surface area contributed by atoms with Crippen LogP contribution >= 0.6 is 31.9 Å². The van der Waals surface area contributed by atoms with E-state index in [0.717, 1.165) is 17.4 Å². The van der Waals surface area contributed by atoms with Gasteiger partial charge in [0.1, 0.15) is 4.90 Å². The normalized spacial score (nSPS) is 12.1. The van der Waals surface area contributed by atoms with E-state index in [4.69, 9.17) is 5.73 Å². The summed E-state index contributed by atoms with van der Waals surface area (Å²) in [7, 11) is 0.287. The van der Waals surface area contributed by atoms with Crippen LogP contribution in [0.3, 0.4) is 0 Å². The largest absolute Gasteiger partial charge is 0.398 e. The van der Waals surface area contributed by atoms with Gasteiger partial charge in [0, 0.05) is 15.5 Å². The second-order valence-electron chi connectivity index (χ2n) is 4.36. The fourth-order valence-corrected chi connectivity index (χ4v) is 4.68. The van der Waals surface area contributed by atoms with Crippen LogP contribution in [-0.2, 0) is 10.0 Å². The molecule has 0 saturated heterocycles. The Bertz CT molecular complexity index is 524. The van der Waals surface area contributed by atoms with Crippen LogP contribution in [0.5, 0.6) is 0 Å². The Morgan fingerprint density at radius 3 is 2.47 bits per heavy atom. The van der Waals surface area contributed by atoms with Crippen LogP contribution in [-0.4, -0.2) is 40.5 Å². The Hall–Kier alpha value is -0.150. The summed E-state index contributed by atoms with van der Waals surface area (Å²) < 4.78 is 28.1. The smallest absolute Gasteiger partial charge is 0.243 e. The van der Waals surface area contributed by atoms with Crippen LogP contribution in [0.1, 0.15) is 6.42 Å². The minimum absolute atomic E-state index is 0.0838. The van der Waals surface area contributed by atoms with Gasteiger partial charge in [0.05, 0.1) is 5.69 Å². The molecule has 0 spiro atoms. The van der Waals surface area contributed by atoms with Gasteiger partial charge in [0.25, 0.3) is 0 Å². The van der Waals surface area contributed by atoms with E-state index in [1.54, 1.807) is 12.1 Å². The van der Waals surface area contributed by atoms with Gasteiger partial charge in [-0.1, -0.05) is 15.9 Å². The molecule has 8 heteroatoms. The van der Waals surface area contributed by atoms with Crippen molar-refractivity contribution in [2.45, 2.75) is 11.3 Å². The molecule has 0 aliphatic carbocycles. The third kappa shape index (κ3) is 5.03. The lowest BCUT2D eigenvalue weighted by atomic mass is 10.3. The molecule has 0 bridgehead atoms. The molecule has 0 amide bonds. The highest BCUT2D eigenvalue weighted by molar-refractivity contribution is 9.11. The van der Waals surface area contributed by atoms with Gasteiger partial charge in [-0.05, 0) is 55.1 Å². The molecule has 0 aliphatic rings. The lowest BCUT2D eigenvalue weighted by Gasteiger charge is -2.13.